The van der Waals surface area contributed by atoms with Crippen LogP contribution in [0.3, 0.4) is 0 Å². The monoisotopic (exact) mass is 223 g/mol. The third kappa shape index (κ3) is 2.89. The SMILES string of the molecule is CC(Cc1ccc(O)c(O)c1)C(=O)N(C)C. The summed E-state index contributed by atoms with van der Waals surface area (Å²) in [6, 6.07) is 4.61. The van der Waals surface area contributed by atoms with Crippen LogP contribution in [0.5, 0.6) is 11.5 Å². The zero-order chi connectivity index (χ0) is 12.3. The van der Waals surface area contributed by atoms with Gasteiger partial charge in [0.15, 0.2) is 11.5 Å². The highest BCUT2D eigenvalue weighted by molar-refractivity contribution is 5.78. The molecule has 1 atom stereocenters. The highest BCUT2D eigenvalue weighted by atomic mass is 16.3. The highest BCUT2D eigenvalue weighted by Crippen LogP contribution is 2.26. The summed E-state index contributed by atoms with van der Waals surface area (Å²) in [4.78, 5) is 13.2. The maximum atomic E-state index is 11.6. The number of carbonyl (C=O) groups is 1. The maximum Gasteiger partial charge on any atom is 0.225 e. The van der Waals surface area contributed by atoms with Gasteiger partial charge in [-0.3, -0.25) is 4.79 Å². The summed E-state index contributed by atoms with van der Waals surface area (Å²) >= 11 is 0. The van der Waals surface area contributed by atoms with Gasteiger partial charge in [0, 0.05) is 20.0 Å². The molecule has 0 aliphatic carbocycles. The molecule has 1 unspecified atom stereocenters. The number of hydrogen-bond acceptors (Lipinski definition) is 3. The molecule has 1 rings (SSSR count). The molecule has 1 aromatic rings. The minimum atomic E-state index is -0.151. The van der Waals surface area contributed by atoms with Crippen LogP contribution in [0.25, 0.3) is 0 Å². The van der Waals surface area contributed by atoms with Gasteiger partial charge in [-0.05, 0) is 24.1 Å². The van der Waals surface area contributed by atoms with E-state index in [1.807, 2.05) is 6.92 Å². The number of phenols is 2. The van der Waals surface area contributed by atoms with Crippen molar-refractivity contribution in [2.75, 3.05) is 14.1 Å². The Balaban J connectivity index is 2.73. The van der Waals surface area contributed by atoms with Crippen LogP contribution in [0.1, 0.15) is 12.5 Å². The zero-order valence-corrected chi connectivity index (χ0v) is 9.77. The van der Waals surface area contributed by atoms with E-state index < -0.39 is 0 Å². The maximum absolute atomic E-state index is 11.6. The summed E-state index contributed by atoms with van der Waals surface area (Å²) in [6.07, 6.45) is 0.546. The van der Waals surface area contributed by atoms with E-state index in [-0.39, 0.29) is 23.3 Å². The molecule has 1 aromatic carbocycles. The molecule has 2 N–H and O–H groups in total. The fourth-order valence-corrected chi connectivity index (χ4v) is 1.58. The Morgan fingerprint density at radius 1 is 1.31 bits per heavy atom. The molecule has 0 aromatic heterocycles. The number of rotatable bonds is 3. The molecule has 0 aliphatic heterocycles. The van der Waals surface area contributed by atoms with E-state index in [0.717, 1.165) is 5.56 Å². The van der Waals surface area contributed by atoms with E-state index in [0.29, 0.717) is 6.42 Å². The summed E-state index contributed by atoms with van der Waals surface area (Å²) in [5.74, 6) is -0.385. The molecule has 16 heavy (non-hydrogen) atoms. The van der Waals surface area contributed by atoms with Gasteiger partial charge in [0.1, 0.15) is 0 Å². The van der Waals surface area contributed by atoms with Gasteiger partial charge in [0.2, 0.25) is 5.91 Å². The minimum Gasteiger partial charge on any atom is -0.504 e. The van der Waals surface area contributed by atoms with Crippen molar-refractivity contribution in [3.8, 4) is 11.5 Å². The molecule has 0 saturated carbocycles. The first kappa shape index (κ1) is 12.4. The van der Waals surface area contributed by atoms with E-state index >= 15 is 0 Å². The summed E-state index contributed by atoms with van der Waals surface area (Å²) in [6.45, 7) is 1.84. The van der Waals surface area contributed by atoms with Crippen molar-refractivity contribution in [1.82, 2.24) is 4.90 Å². The largest absolute Gasteiger partial charge is 0.504 e. The number of hydrogen-bond donors (Lipinski definition) is 2. The Morgan fingerprint density at radius 2 is 1.94 bits per heavy atom. The van der Waals surface area contributed by atoms with Gasteiger partial charge >= 0.3 is 0 Å². The van der Waals surface area contributed by atoms with Gasteiger partial charge in [-0.1, -0.05) is 13.0 Å². The van der Waals surface area contributed by atoms with E-state index in [2.05, 4.69) is 0 Å². The van der Waals surface area contributed by atoms with Crippen LogP contribution in [0.2, 0.25) is 0 Å². The van der Waals surface area contributed by atoms with Crippen molar-refractivity contribution in [2.45, 2.75) is 13.3 Å². The molecule has 1 amide bonds. The number of aromatic hydroxyl groups is 2. The number of phenolic OH excluding ortho intramolecular Hbond substituents is 2. The van der Waals surface area contributed by atoms with Crippen LogP contribution >= 0.6 is 0 Å². The molecule has 0 bridgehead atoms. The quantitative estimate of drug-likeness (QED) is 0.761. The van der Waals surface area contributed by atoms with Gasteiger partial charge in [0.25, 0.3) is 0 Å². The predicted octanol–water partition coefficient (Wildman–Crippen LogP) is 1.36. The second-order valence-electron chi connectivity index (χ2n) is 4.16. The number of amides is 1. The predicted molar refractivity (Wildman–Crippen MR) is 61.3 cm³/mol. The molecular formula is C12H17NO3. The first-order valence-electron chi connectivity index (χ1n) is 5.14. The Labute approximate surface area is 95.1 Å². The van der Waals surface area contributed by atoms with Gasteiger partial charge in [0.05, 0.1) is 0 Å². The molecule has 0 saturated heterocycles. The Morgan fingerprint density at radius 3 is 2.44 bits per heavy atom. The van der Waals surface area contributed by atoms with E-state index in [4.69, 9.17) is 5.11 Å². The first-order chi connectivity index (χ1) is 7.41. The Hall–Kier alpha value is -1.71. The Bertz CT molecular complexity index is 388. The van der Waals surface area contributed by atoms with Crippen molar-refractivity contribution < 1.29 is 15.0 Å². The standard InChI is InChI=1S/C12H17NO3/c1-8(12(16)13(2)3)6-9-4-5-10(14)11(15)7-9/h4-5,7-8,14-15H,6H2,1-3H3. The summed E-state index contributed by atoms with van der Waals surface area (Å²) in [7, 11) is 3.43. The van der Waals surface area contributed by atoms with Crippen molar-refractivity contribution >= 4 is 5.91 Å². The van der Waals surface area contributed by atoms with Crippen molar-refractivity contribution in [2.24, 2.45) is 5.92 Å². The second kappa shape index (κ2) is 4.88. The highest BCUT2D eigenvalue weighted by Gasteiger charge is 2.15. The number of nitrogens with zero attached hydrogens (tertiary/aromatic N) is 1. The average Bonchev–Trinajstić information content (AvgIpc) is 2.22. The number of carbonyl (C=O) groups excluding carboxylic acids is 1. The van der Waals surface area contributed by atoms with Crippen molar-refractivity contribution in [3.05, 3.63) is 23.8 Å². The fraction of sp³-hybridized carbons (Fsp3) is 0.417. The van der Waals surface area contributed by atoms with Crippen molar-refractivity contribution in [3.63, 3.8) is 0 Å². The lowest BCUT2D eigenvalue weighted by Crippen LogP contribution is -2.29. The molecule has 0 radical (unpaired) electrons. The molecule has 4 heteroatoms. The van der Waals surface area contributed by atoms with Crippen LogP contribution in [-0.4, -0.2) is 35.1 Å². The lowest BCUT2D eigenvalue weighted by Gasteiger charge is -2.16. The topological polar surface area (TPSA) is 60.8 Å². The van der Waals surface area contributed by atoms with Crippen LogP contribution in [0.4, 0.5) is 0 Å². The minimum absolute atomic E-state index is 0.0487. The molecular weight excluding hydrogens is 206 g/mol. The number of benzene rings is 1. The normalized spacial score (nSPS) is 12.2. The molecule has 0 spiro atoms. The first-order valence-corrected chi connectivity index (χ1v) is 5.14. The molecule has 4 nitrogen and oxygen atoms in total. The van der Waals surface area contributed by atoms with Crippen LogP contribution in [-0.2, 0) is 11.2 Å². The summed E-state index contributed by atoms with van der Waals surface area (Å²) < 4.78 is 0. The van der Waals surface area contributed by atoms with Gasteiger partial charge in [-0.2, -0.15) is 0 Å². The summed E-state index contributed by atoms with van der Waals surface area (Å²) in [5, 5.41) is 18.5. The van der Waals surface area contributed by atoms with Crippen molar-refractivity contribution in [1.29, 1.82) is 0 Å². The van der Waals surface area contributed by atoms with Crippen LogP contribution < -0.4 is 0 Å². The third-order valence-electron chi connectivity index (χ3n) is 2.44. The second-order valence-corrected chi connectivity index (χ2v) is 4.16. The molecule has 0 fully saturated rings. The van der Waals surface area contributed by atoms with E-state index in [1.165, 1.54) is 12.1 Å². The van der Waals surface area contributed by atoms with Gasteiger partial charge in [-0.15, -0.1) is 0 Å². The zero-order valence-electron chi connectivity index (χ0n) is 9.77. The van der Waals surface area contributed by atoms with E-state index in [1.54, 1.807) is 25.1 Å². The molecule has 0 aliphatic rings. The smallest absolute Gasteiger partial charge is 0.225 e. The fourth-order valence-electron chi connectivity index (χ4n) is 1.58. The lowest BCUT2D eigenvalue weighted by molar-refractivity contribution is -0.132. The third-order valence-corrected chi connectivity index (χ3v) is 2.44. The van der Waals surface area contributed by atoms with Crippen LogP contribution in [0, 0.1) is 5.92 Å². The molecule has 0 heterocycles. The van der Waals surface area contributed by atoms with Crippen LogP contribution in [0.15, 0.2) is 18.2 Å². The van der Waals surface area contributed by atoms with Gasteiger partial charge in [-0.25, -0.2) is 0 Å². The molecule has 88 valence electrons. The lowest BCUT2D eigenvalue weighted by atomic mass is 10.00. The van der Waals surface area contributed by atoms with E-state index in [9.17, 15) is 9.90 Å². The van der Waals surface area contributed by atoms with Gasteiger partial charge < -0.3 is 15.1 Å². The summed E-state index contributed by atoms with van der Waals surface area (Å²) in [5.41, 5.74) is 0.831. The Kier molecular flexibility index (Phi) is 3.77. The average molecular weight is 223 g/mol.